The van der Waals surface area contributed by atoms with Gasteiger partial charge in [-0.2, -0.15) is 5.10 Å². The van der Waals surface area contributed by atoms with Crippen LogP contribution in [0.2, 0.25) is 5.02 Å². The fourth-order valence-corrected chi connectivity index (χ4v) is 4.71. The predicted molar refractivity (Wildman–Crippen MR) is 89.4 cm³/mol. The molecule has 2 aromatic rings. The molecular weight excluding hydrogens is 302 g/mol. The monoisotopic (exact) mass is 323 g/mol. The molecule has 0 amide bonds. The summed E-state index contributed by atoms with van der Waals surface area (Å²) in [6.45, 7) is 5.08. The molecular formula is C16H22ClN3S. The largest absolute Gasteiger partial charge is 0.309 e. The summed E-state index contributed by atoms with van der Waals surface area (Å²) in [5, 5.41) is 8.85. The highest BCUT2D eigenvalue weighted by atomic mass is 35.5. The second-order valence-electron chi connectivity index (χ2n) is 5.73. The number of rotatable bonds is 5. The molecule has 2 heterocycles. The van der Waals surface area contributed by atoms with E-state index in [1.165, 1.54) is 24.1 Å². The lowest BCUT2D eigenvalue weighted by Gasteiger charge is -2.17. The van der Waals surface area contributed by atoms with Crippen molar-refractivity contribution in [3.8, 4) is 0 Å². The minimum Gasteiger partial charge on any atom is -0.309 e. The quantitative estimate of drug-likeness (QED) is 0.906. The third kappa shape index (κ3) is 2.89. The molecule has 0 aliphatic heterocycles. The average Bonchev–Trinajstić information content (AvgIpc) is 3.08. The molecule has 0 saturated carbocycles. The summed E-state index contributed by atoms with van der Waals surface area (Å²) < 4.78 is 1.92. The van der Waals surface area contributed by atoms with Crippen LogP contribution in [0.15, 0.2) is 6.07 Å². The standard InChI is InChI=1S/C16H22ClN3S/c1-4-18-12(9-13-16(17)10(2)19-20(13)3)15-8-11-6-5-7-14(11)21-15/h8,12,18H,4-7,9H2,1-3H3. The smallest absolute Gasteiger partial charge is 0.0847 e. The van der Waals surface area contributed by atoms with Crippen molar-refractivity contribution in [1.29, 1.82) is 0 Å². The maximum absolute atomic E-state index is 6.41. The fourth-order valence-electron chi connectivity index (χ4n) is 3.14. The number of likely N-dealkylation sites (N-methyl/N-ethyl adjacent to an activating group) is 1. The van der Waals surface area contributed by atoms with E-state index < -0.39 is 0 Å². The summed E-state index contributed by atoms with van der Waals surface area (Å²) >= 11 is 8.39. The van der Waals surface area contributed by atoms with Crippen LogP contribution in [0.3, 0.4) is 0 Å². The van der Waals surface area contributed by atoms with Crippen LogP contribution in [0.25, 0.3) is 0 Å². The lowest BCUT2D eigenvalue weighted by molar-refractivity contribution is 0.535. The molecule has 0 radical (unpaired) electrons. The minimum absolute atomic E-state index is 0.331. The molecule has 0 saturated heterocycles. The third-order valence-electron chi connectivity index (χ3n) is 4.22. The lowest BCUT2D eigenvalue weighted by atomic mass is 10.1. The van der Waals surface area contributed by atoms with Gasteiger partial charge in [0.05, 0.1) is 16.4 Å². The second-order valence-corrected chi connectivity index (χ2v) is 7.28. The SMILES string of the molecule is CCNC(Cc1c(Cl)c(C)nn1C)c1cc2c(s1)CCC2. The Labute approximate surface area is 135 Å². The summed E-state index contributed by atoms with van der Waals surface area (Å²) in [7, 11) is 1.98. The van der Waals surface area contributed by atoms with E-state index >= 15 is 0 Å². The second kappa shape index (κ2) is 6.11. The molecule has 2 aromatic heterocycles. The molecule has 1 N–H and O–H groups in total. The number of nitrogens with one attached hydrogen (secondary N) is 1. The number of thiophene rings is 1. The zero-order valence-electron chi connectivity index (χ0n) is 12.9. The number of fused-ring (bicyclic) bond motifs is 1. The zero-order valence-corrected chi connectivity index (χ0v) is 14.4. The highest BCUT2D eigenvalue weighted by Gasteiger charge is 2.22. The van der Waals surface area contributed by atoms with Crippen LogP contribution in [-0.2, 0) is 26.3 Å². The normalized spacial score (nSPS) is 15.4. The Kier molecular flexibility index (Phi) is 4.38. The first-order valence-electron chi connectivity index (χ1n) is 7.63. The van der Waals surface area contributed by atoms with E-state index in [1.54, 1.807) is 10.4 Å². The third-order valence-corrected chi connectivity index (χ3v) is 6.06. The molecule has 114 valence electrons. The van der Waals surface area contributed by atoms with Gasteiger partial charge in [-0.3, -0.25) is 4.68 Å². The van der Waals surface area contributed by atoms with Gasteiger partial charge in [0.25, 0.3) is 0 Å². The van der Waals surface area contributed by atoms with E-state index in [9.17, 15) is 0 Å². The van der Waals surface area contributed by atoms with Gasteiger partial charge in [-0.25, -0.2) is 0 Å². The van der Waals surface area contributed by atoms with Crippen LogP contribution < -0.4 is 5.32 Å². The Balaban J connectivity index is 1.87. The maximum Gasteiger partial charge on any atom is 0.0847 e. The summed E-state index contributed by atoms with van der Waals surface area (Å²) in [5.41, 5.74) is 3.59. The fraction of sp³-hybridized carbons (Fsp3) is 0.562. The Hall–Kier alpha value is -0.840. The summed E-state index contributed by atoms with van der Waals surface area (Å²) in [6, 6.07) is 2.73. The van der Waals surface area contributed by atoms with Gasteiger partial charge in [0.15, 0.2) is 0 Å². The molecule has 0 fully saturated rings. The number of hydrogen-bond acceptors (Lipinski definition) is 3. The van der Waals surface area contributed by atoms with E-state index in [2.05, 4.69) is 23.4 Å². The van der Waals surface area contributed by atoms with Crippen LogP contribution in [-0.4, -0.2) is 16.3 Å². The minimum atomic E-state index is 0.331. The van der Waals surface area contributed by atoms with Crippen LogP contribution in [0, 0.1) is 6.92 Å². The summed E-state index contributed by atoms with van der Waals surface area (Å²) in [4.78, 5) is 3.02. The number of hydrogen-bond donors (Lipinski definition) is 1. The molecule has 0 aromatic carbocycles. The molecule has 3 rings (SSSR count). The zero-order chi connectivity index (χ0) is 15.0. The molecule has 21 heavy (non-hydrogen) atoms. The van der Waals surface area contributed by atoms with Crippen molar-refractivity contribution in [2.24, 2.45) is 7.05 Å². The topological polar surface area (TPSA) is 29.9 Å². The van der Waals surface area contributed by atoms with Crippen molar-refractivity contribution in [2.75, 3.05) is 6.54 Å². The van der Waals surface area contributed by atoms with Gasteiger partial charge in [0, 0.05) is 29.3 Å². The van der Waals surface area contributed by atoms with Crippen molar-refractivity contribution in [3.05, 3.63) is 37.8 Å². The van der Waals surface area contributed by atoms with Crippen LogP contribution in [0.5, 0.6) is 0 Å². The van der Waals surface area contributed by atoms with Crippen molar-refractivity contribution >= 4 is 22.9 Å². The first kappa shape index (κ1) is 15.1. The number of aryl methyl sites for hydroxylation is 4. The van der Waals surface area contributed by atoms with Gasteiger partial charge in [0.2, 0.25) is 0 Å². The van der Waals surface area contributed by atoms with Gasteiger partial charge in [-0.1, -0.05) is 18.5 Å². The Morgan fingerprint density at radius 2 is 2.29 bits per heavy atom. The Morgan fingerprint density at radius 1 is 1.48 bits per heavy atom. The van der Waals surface area contributed by atoms with E-state index in [4.69, 9.17) is 11.6 Å². The summed E-state index contributed by atoms with van der Waals surface area (Å²) in [6.07, 6.45) is 4.71. The Morgan fingerprint density at radius 3 is 2.90 bits per heavy atom. The Bertz CT molecular complexity index is 623. The molecule has 0 spiro atoms. The van der Waals surface area contributed by atoms with Gasteiger partial charge in [-0.05, 0) is 44.4 Å². The van der Waals surface area contributed by atoms with Crippen LogP contribution >= 0.6 is 22.9 Å². The van der Waals surface area contributed by atoms with E-state index in [0.29, 0.717) is 6.04 Å². The van der Waals surface area contributed by atoms with Crippen molar-refractivity contribution in [2.45, 2.75) is 45.6 Å². The molecule has 3 nitrogen and oxygen atoms in total. The first-order valence-corrected chi connectivity index (χ1v) is 8.82. The summed E-state index contributed by atoms with van der Waals surface area (Å²) in [5.74, 6) is 0. The molecule has 5 heteroatoms. The van der Waals surface area contributed by atoms with E-state index in [1.807, 2.05) is 30.0 Å². The predicted octanol–water partition coefficient (Wildman–Crippen LogP) is 3.83. The molecule has 1 unspecified atom stereocenters. The van der Waals surface area contributed by atoms with Crippen molar-refractivity contribution in [3.63, 3.8) is 0 Å². The number of halogens is 1. The first-order chi connectivity index (χ1) is 10.1. The van der Waals surface area contributed by atoms with Gasteiger partial charge < -0.3 is 5.32 Å². The lowest BCUT2D eigenvalue weighted by Crippen LogP contribution is -2.23. The number of aromatic nitrogens is 2. The van der Waals surface area contributed by atoms with Crippen LogP contribution in [0.1, 0.15) is 46.1 Å². The van der Waals surface area contributed by atoms with Crippen molar-refractivity contribution < 1.29 is 0 Å². The van der Waals surface area contributed by atoms with Gasteiger partial charge in [0.1, 0.15) is 0 Å². The van der Waals surface area contributed by atoms with E-state index in [-0.39, 0.29) is 0 Å². The highest BCUT2D eigenvalue weighted by Crippen LogP contribution is 2.35. The highest BCUT2D eigenvalue weighted by molar-refractivity contribution is 7.12. The van der Waals surface area contributed by atoms with Gasteiger partial charge >= 0.3 is 0 Å². The molecule has 1 aliphatic carbocycles. The van der Waals surface area contributed by atoms with Gasteiger partial charge in [-0.15, -0.1) is 11.3 Å². The van der Waals surface area contributed by atoms with E-state index in [0.717, 1.165) is 29.4 Å². The van der Waals surface area contributed by atoms with Crippen molar-refractivity contribution in [1.82, 2.24) is 15.1 Å². The average molecular weight is 324 g/mol. The molecule has 1 atom stereocenters. The molecule has 0 bridgehead atoms. The van der Waals surface area contributed by atoms with Crippen LogP contribution in [0.4, 0.5) is 0 Å². The maximum atomic E-state index is 6.41. The number of nitrogens with zero attached hydrogens (tertiary/aromatic N) is 2. The molecule has 1 aliphatic rings.